The predicted molar refractivity (Wildman–Crippen MR) is 87.5 cm³/mol. The van der Waals surface area contributed by atoms with Crippen LogP contribution >= 0.6 is 0 Å². The van der Waals surface area contributed by atoms with Gasteiger partial charge in [0.1, 0.15) is 0 Å². The van der Waals surface area contributed by atoms with Crippen LogP contribution in [0.25, 0.3) is 0 Å². The number of nitrogens with zero attached hydrogens (tertiary/aromatic N) is 3. The van der Waals surface area contributed by atoms with Crippen molar-refractivity contribution >= 4 is 0 Å². The molecule has 2 aromatic heterocycles. The highest BCUT2D eigenvalue weighted by Gasteiger charge is 2.18. The lowest BCUT2D eigenvalue weighted by atomic mass is 10.1. The summed E-state index contributed by atoms with van der Waals surface area (Å²) in [6.45, 7) is 3.00. The van der Waals surface area contributed by atoms with Gasteiger partial charge in [0.05, 0.1) is 18.3 Å². The molecule has 0 aliphatic heterocycles. The molecule has 0 fully saturated rings. The van der Waals surface area contributed by atoms with Crippen molar-refractivity contribution in [3.05, 3.63) is 62.7 Å². The number of hydrogen-bond acceptors (Lipinski definition) is 5. The van der Waals surface area contributed by atoms with Crippen LogP contribution in [0.1, 0.15) is 17.4 Å². The normalized spacial score (nSPS) is 12.5. The second-order valence-corrected chi connectivity index (χ2v) is 5.45. The fourth-order valence-corrected chi connectivity index (χ4v) is 2.43. The number of ether oxygens (including phenoxy) is 1. The third kappa shape index (κ3) is 4.37. The highest BCUT2D eigenvalue weighted by Crippen LogP contribution is 2.16. The van der Waals surface area contributed by atoms with E-state index in [0.717, 1.165) is 5.69 Å². The SMILES string of the molecule is COC[C@@H](c1ccccn1)N(C)CCn1c(=O)cc(C)[nH]c1=O. The lowest BCUT2D eigenvalue weighted by molar-refractivity contribution is 0.101. The Hall–Kier alpha value is -2.25. The highest BCUT2D eigenvalue weighted by atomic mass is 16.5. The maximum absolute atomic E-state index is 11.9. The number of nitrogens with one attached hydrogen (secondary N) is 1. The number of hydrogen-bond donors (Lipinski definition) is 1. The number of pyridine rings is 1. The monoisotopic (exact) mass is 318 g/mol. The molecule has 0 bridgehead atoms. The Bertz CT molecular complexity index is 708. The molecule has 2 aromatic rings. The number of methoxy groups -OCH3 is 1. The Morgan fingerprint density at radius 3 is 2.78 bits per heavy atom. The zero-order valence-electron chi connectivity index (χ0n) is 13.7. The average molecular weight is 318 g/mol. The first-order chi connectivity index (χ1) is 11.0. The molecule has 2 heterocycles. The zero-order valence-corrected chi connectivity index (χ0v) is 13.7. The second-order valence-electron chi connectivity index (χ2n) is 5.45. The number of aryl methyl sites for hydroxylation is 1. The smallest absolute Gasteiger partial charge is 0.328 e. The third-order valence-corrected chi connectivity index (χ3v) is 3.72. The summed E-state index contributed by atoms with van der Waals surface area (Å²) in [5.41, 5.74) is 0.780. The summed E-state index contributed by atoms with van der Waals surface area (Å²) in [4.78, 5) is 32.8. The van der Waals surface area contributed by atoms with E-state index in [2.05, 4.69) is 9.97 Å². The summed E-state index contributed by atoms with van der Waals surface area (Å²) in [6, 6.07) is 7.10. The van der Waals surface area contributed by atoms with E-state index >= 15 is 0 Å². The van der Waals surface area contributed by atoms with Gasteiger partial charge in [-0.1, -0.05) is 6.07 Å². The quantitative estimate of drug-likeness (QED) is 0.807. The molecule has 7 nitrogen and oxygen atoms in total. The average Bonchev–Trinajstić information content (AvgIpc) is 2.52. The van der Waals surface area contributed by atoms with Crippen molar-refractivity contribution in [2.24, 2.45) is 0 Å². The summed E-state index contributed by atoms with van der Waals surface area (Å²) in [5.74, 6) is 0. The summed E-state index contributed by atoms with van der Waals surface area (Å²) < 4.78 is 6.48. The van der Waals surface area contributed by atoms with Crippen molar-refractivity contribution in [3.8, 4) is 0 Å². The van der Waals surface area contributed by atoms with Crippen LogP contribution in [0, 0.1) is 6.92 Å². The Morgan fingerprint density at radius 2 is 2.17 bits per heavy atom. The van der Waals surface area contributed by atoms with E-state index in [1.54, 1.807) is 20.2 Å². The van der Waals surface area contributed by atoms with Gasteiger partial charge >= 0.3 is 5.69 Å². The van der Waals surface area contributed by atoms with Crippen LogP contribution in [-0.4, -0.2) is 46.7 Å². The van der Waals surface area contributed by atoms with Gasteiger partial charge in [0.25, 0.3) is 5.56 Å². The third-order valence-electron chi connectivity index (χ3n) is 3.72. The predicted octanol–water partition coefficient (Wildman–Crippen LogP) is 0.560. The maximum atomic E-state index is 11.9. The van der Waals surface area contributed by atoms with Gasteiger partial charge in [-0.2, -0.15) is 0 Å². The fourth-order valence-electron chi connectivity index (χ4n) is 2.43. The molecular formula is C16H22N4O3. The maximum Gasteiger partial charge on any atom is 0.328 e. The molecule has 0 unspecified atom stereocenters. The Balaban J connectivity index is 2.12. The van der Waals surface area contributed by atoms with Crippen LogP contribution in [0.5, 0.6) is 0 Å². The molecule has 0 radical (unpaired) electrons. The summed E-state index contributed by atoms with van der Waals surface area (Å²) in [5, 5.41) is 0. The minimum Gasteiger partial charge on any atom is -0.383 e. The fraction of sp³-hybridized carbons (Fsp3) is 0.438. The molecule has 1 atom stereocenters. The molecule has 0 spiro atoms. The van der Waals surface area contributed by atoms with E-state index in [1.165, 1.54) is 10.6 Å². The molecule has 2 rings (SSSR count). The van der Waals surface area contributed by atoms with Crippen LogP contribution < -0.4 is 11.2 Å². The molecule has 0 saturated carbocycles. The van der Waals surface area contributed by atoms with Gasteiger partial charge < -0.3 is 9.72 Å². The van der Waals surface area contributed by atoms with E-state index < -0.39 is 0 Å². The summed E-state index contributed by atoms with van der Waals surface area (Å²) in [7, 11) is 3.56. The van der Waals surface area contributed by atoms with Crippen molar-refractivity contribution in [1.29, 1.82) is 0 Å². The Morgan fingerprint density at radius 1 is 1.39 bits per heavy atom. The minimum atomic E-state index is -0.385. The van der Waals surface area contributed by atoms with E-state index in [4.69, 9.17) is 4.74 Å². The van der Waals surface area contributed by atoms with E-state index in [0.29, 0.717) is 25.4 Å². The standard InChI is InChI=1S/C16H22N4O3/c1-12-10-15(21)20(16(22)18-12)9-8-19(2)14(11-23-3)13-6-4-5-7-17-13/h4-7,10,14H,8-9,11H2,1-3H3,(H,18,22)/t14-/m0/s1. The molecule has 23 heavy (non-hydrogen) atoms. The van der Waals surface area contributed by atoms with Crippen LogP contribution in [-0.2, 0) is 11.3 Å². The van der Waals surface area contributed by atoms with Gasteiger partial charge in [-0.05, 0) is 26.1 Å². The summed E-state index contributed by atoms with van der Waals surface area (Å²) >= 11 is 0. The number of aromatic amines is 1. The van der Waals surface area contributed by atoms with Crippen molar-refractivity contribution in [1.82, 2.24) is 19.4 Å². The molecule has 1 N–H and O–H groups in total. The molecule has 7 heteroatoms. The second kappa shape index (κ2) is 7.85. The van der Waals surface area contributed by atoms with Crippen molar-refractivity contribution in [2.45, 2.75) is 19.5 Å². The van der Waals surface area contributed by atoms with Crippen LogP contribution in [0.4, 0.5) is 0 Å². The van der Waals surface area contributed by atoms with Gasteiger partial charge in [-0.3, -0.25) is 19.2 Å². The first-order valence-corrected chi connectivity index (χ1v) is 7.44. The van der Waals surface area contributed by atoms with Crippen LogP contribution in [0.2, 0.25) is 0 Å². The Labute approximate surface area is 134 Å². The molecule has 124 valence electrons. The van der Waals surface area contributed by atoms with E-state index in [1.807, 2.05) is 30.1 Å². The topological polar surface area (TPSA) is 80.2 Å². The highest BCUT2D eigenvalue weighted by molar-refractivity contribution is 5.09. The van der Waals surface area contributed by atoms with E-state index in [-0.39, 0.29) is 17.3 Å². The Kier molecular flexibility index (Phi) is 5.84. The van der Waals surface area contributed by atoms with Crippen molar-refractivity contribution < 1.29 is 4.74 Å². The number of rotatable bonds is 7. The van der Waals surface area contributed by atoms with E-state index in [9.17, 15) is 9.59 Å². The van der Waals surface area contributed by atoms with Gasteiger partial charge in [-0.25, -0.2) is 4.79 Å². The van der Waals surface area contributed by atoms with Crippen LogP contribution in [0.15, 0.2) is 40.1 Å². The molecule has 0 saturated heterocycles. The van der Waals surface area contributed by atoms with Gasteiger partial charge in [0.15, 0.2) is 0 Å². The minimum absolute atomic E-state index is 0.0403. The van der Waals surface area contributed by atoms with Gasteiger partial charge in [-0.15, -0.1) is 0 Å². The van der Waals surface area contributed by atoms with Crippen molar-refractivity contribution in [2.75, 3.05) is 27.3 Å². The zero-order chi connectivity index (χ0) is 16.8. The molecule has 0 aliphatic rings. The van der Waals surface area contributed by atoms with Crippen molar-refractivity contribution in [3.63, 3.8) is 0 Å². The molecule has 0 amide bonds. The first-order valence-electron chi connectivity index (χ1n) is 7.44. The molecule has 0 aromatic carbocycles. The van der Waals surface area contributed by atoms with Crippen LogP contribution in [0.3, 0.4) is 0 Å². The molecule has 0 aliphatic carbocycles. The lowest BCUT2D eigenvalue weighted by Crippen LogP contribution is -2.39. The summed E-state index contributed by atoms with van der Waals surface area (Å²) in [6.07, 6.45) is 1.74. The number of likely N-dealkylation sites (N-methyl/N-ethyl adjacent to an activating group) is 1. The number of aromatic nitrogens is 3. The van der Waals surface area contributed by atoms with Gasteiger partial charge in [0.2, 0.25) is 0 Å². The lowest BCUT2D eigenvalue weighted by Gasteiger charge is -2.27. The first kappa shape index (κ1) is 17.1. The number of H-pyrrole nitrogens is 1. The molecular weight excluding hydrogens is 296 g/mol. The van der Waals surface area contributed by atoms with Gasteiger partial charge in [0, 0.05) is 38.2 Å². The largest absolute Gasteiger partial charge is 0.383 e.